The molecule has 1 aliphatic heterocycles. The Hall–Kier alpha value is -2.26. The molecule has 108 valence electrons. The summed E-state index contributed by atoms with van der Waals surface area (Å²) >= 11 is 0. The number of nitrogens with zero attached hydrogens (tertiary/aromatic N) is 2. The third-order valence-electron chi connectivity index (χ3n) is 3.97. The Morgan fingerprint density at radius 1 is 1.05 bits per heavy atom. The van der Waals surface area contributed by atoms with E-state index in [2.05, 4.69) is 41.3 Å². The van der Waals surface area contributed by atoms with Crippen LogP contribution in [0, 0.1) is 0 Å². The second kappa shape index (κ2) is 5.26. The highest BCUT2D eigenvalue weighted by Crippen LogP contribution is 2.39. The summed E-state index contributed by atoms with van der Waals surface area (Å²) in [5.41, 5.74) is 5.39. The summed E-state index contributed by atoms with van der Waals surface area (Å²) in [6, 6.07) is 16.4. The standard InChI is InChI=1S/C18H20N2O/c1-19(2)14-10-8-13(9-11-14)12-16-15-6-4-5-7-17(15)20(3)18(16)21/h4-12,18,21H,1-3H3/b16-12-. The second-order valence-electron chi connectivity index (χ2n) is 5.59. The van der Waals surface area contributed by atoms with Crippen LogP contribution < -0.4 is 9.80 Å². The zero-order valence-electron chi connectivity index (χ0n) is 12.6. The van der Waals surface area contributed by atoms with Crippen molar-refractivity contribution in [2.75, 3.05) is 30.9 Å². The Morgan fingerprint density at radius 2 is 1.71 bits per heavy atom. The number of benzene rings is 2. The fourth-order valence-electron chi connectivity index (χ4n) is 2.71. The first kappa shape index (κ1) is 13.7. The van der Waals surface area contributed by atoms with E-state index in [1.54, 1.807) is 0 Å². The molecule has 0 amide bonds. The highest BCUT2D eigenvalue weighted by atomic mass is 16.3. The van der Waals surface area contributed by atoms with Crippen molar-refractivity contribution >= 4 is 23.0 Å². The van der Waals surface area contributed by atoms with Crippen LogP contribution in [0.15, 0.2) is 48.5 Å². The molecule has 1 aliphatic rings. The van der Waals surface area contributed by atoms with E-state index in [0.717, 1.165) is 22.4 Å². The molecule has 0 fully saturated rings. The molecule has 0 aromatic heterocycles. The van der Waals surface area contributed by atoms with E-state index in [-0.39, 0.29) is 0 Å². The van der Waals surface area contributed by atoms with E-state index in [1.165, 1.54) is 5.69 Å². The molecule has 0 saturated carbocycles. The number of aliphatic hydroxyl groups is 1. The summed E-state index contributed by atoms with van der Waals surface area (Å²) < 4.78 is 0. The maximum Gasteiger partial charge on any atom is 0.153 e. The first-order valence-corrected chi connectivity index (χ1v) is 7.07. The molecule has 1 heterocycles. The molecule has 1 unspecified atom stereocenters. The second-order valence-corrected chi connectivity index (χ2v) is 5.59. The van der Waals surface area contributed by atoms with Gasteiger partial charge in [0.1, 0.15) is 0 Å². The van der Waals surface area contributed by atoms with Gasteiger partial charge in [-0.1, -0.05) is 30.3 Å². The van der Waals surface area contributed by atoms with Crippen LogP contribution in [0.25, 0.3) is 11.6 Å². The van der Waals surface area contributed by atoms with Gasteiger partial charge in [-0.3, -0.25) is 0 Å². The lowest BCUT2D eigenvalue weighted by molar-refractivity contribution is 0.238. The molecule has 3 heteroatoms. The molecule has 3 rings (SSSR count). The fourth-order valence-corrected chi connectivity index (χ4v) is 2.71. The molecular weight excluding hydrogens is 260 g/mol. The molecule has 2 aromatic rings. The smallest absolute Gasteiger partial charge is 0.153 e. The average Bonchev–Trinajstić information content (AvgIpc) is 2.73. The number of para-hydroxylation sites is 1. The van der Waals surface area contributed by atoms with Gasteiger partial charge >= 0.3 is 0 Å². The Bertz CT molecular complexity index is 674. The van der Waals surface area contributed by atoms with Gasteiger partial charge in [-0.15, -0.1) is 0 Å². The lowest BCUT2D eigenvalue weighted by atomic mass is 10.0. The number of rotatable bonds is 2. The Morgan fingerprint density at radius 3 is 2.38 bits per heavy atom. The van der Waals surface area contributed by atoms with Gasteiger partial charge in [0.15, 0.2) is 6.23 Å². The SMILES string of the molecule is CN(C)c1ccc(/C=C2/c3ccccc3N(C)C2O)cc1. The predicted molar refractivity (Wildman–Crippen MR) is 89.5 cm³/mol. The number of anilines is 2. The van der Waals surface area contributed by atoms with Gasteiger partial charge in [-0.05, 0) is 29.8 Å². The van der Waals surface area contributed by atoms with E-state index in [0.29, 0.717) is 0 Å². The molecule has 0 aliphatic carbocycles. The third-order valence-corrected chi connectivity index (χ3v) is 3.97. The highest BCUT2D eigenvalue weighted by Gasteiger charge is 2.29. The van der Waals surface area contributed by atoms with Gasteiger partial charge in [0, 0.05) is 43.7 Å². The number of aliphatic hydroxyl groups excluding tert-OH is 1. The van der Waals surface area contributed by atoms with E-state index in [4.69, 9.17) is 0 Å². The van der Waals surface area contributed by atoms with Gasteiger partial charge in [0.25, 0.3) is 0 Å². The van der Waals surface area contributed by atoms with Crippen molar-refractivity contribution in [1.29, 1.82) is 0 Å². The molecule has 3 nitrogen and oxygen atoms in total. The van der Waals surface area contributed by atoms with Gasteiger partial charge in [-0.2, -0.15) is 0 Å². The van der Waals surface area contributed by atoms with Gasteiger partial charge in [-0.25, -0.2) is 0 Å². The first-order valence-electron chi connectivity index (χ1n) is 7.07. The van der Waals surface area contributed by atoms with Crippen LogP contribution in [-0.2, 0) is 0 Å². The molecule has 0 spiro atoms. The summed E-state index contributed by atoms with van der Waals surface area (Å²) in [7, 11) is 5.97. The molecule has 2 aromatic carbocycles. The van der Waals surface area contributed by atoms with Crippen molar-refractivity contribution < 1.29 is 5.11 Å². The van der Waals surface area contributed by atoms with Crippen LogP contribution in [0.4, 0.5) is 11.4 Å². The van der Waals surface area contributed by atoms with Crippen LogP contribution in [0.3, 0.4) is 0 Å². The molecule has 0 radical (unpaired) electrons. The predicted octanol–water partition coefficient (Wildman–Crippen LogP) is 3.06. The van der Waals surface area contributed by atoms with Crippen LogP contribution in [0.1, 0.15) is 11.1 Å². The minimum absolute atomic E-state index is 0.587. The normalized spacial score (nSPS) is 19.0. The lowest BCUT2D eigenvalue weighted by Crippen LogP contribution is -2.26. The number of hydrogen-bond acceptors (Lipinski definition) is 3. The van der Waals surface area contributed by atoms with E-state index in [9.17, 15) is 5.11 Å². The van der Waals surface area contributed by atoms with Crippen LogP contribution in [0.2, 0.25) is 0 Å². The maximum atomic E-state index is 10.4. The summed E-state index contributed by atoms with van der Waals surface area (Å²) in [6.07, 6.45) is 1.47. The monoisotopic (exact) mass is 280 g/mol. The molecule has 1 N–H and O–H groups in total. The van der Waals surface area contributed by atoms with Crippen LogP contribution in [-0.4, -0.2) is 32.5 Å². The molecule has 1 atom stereocenters. The number of fused-ring (bicyclic) bond motifs is 1. The Balaban J connectivity index is 1.99. The van der Waals surface area contributed by atoms with Crippen molar-refractivity contribution in [1.82, 2.24) is 0 Å². The van der Waals surface area contributed by atoms with E-state index < -0.39 is 6.23 Å². The van der Waals surface area contributed by atoms with Gasteiger partial charge in [0.05, 0.1) is 0 Å². The summed E-state index contributed by atoms with van der Waals surface area (Å²) in [4.78, 5) is 3.97. The Labute approximate surface area is 125 Å². The summed E-state index contributed by atoms with van der Waals surface area (Å²) in [5.74, 6) is 0. The van der Waals surface area contributed by atoms with Crippen LogP contribution in [0.5, 0.6) is 0 Å². The maximum absolute atomic E-state index is 10.4. The topological polar surface area (TPSA) is 26.7 Å². The minimum atomic E-state index is -0.587. The largest absolute Gasteiger partial charge is 0.378 e. The van der Waals surface area contributed by atoms with E-state index >= 15 is 0 Å². The van der Waals surface area contributed by atoms with Crippen molar-refractivity contribution in [3.8, 4) is 0 Å². The highest BCUT2D eigenvalue weighted by molar-refractivity contribution is 5.94. The van der Waals surface area contributed by atoms with Gasteiger partial charge in [0.2, 0.25) is 0 Å². The van der Waals surface area contributed by atoms with E-state index in [1.807, 2.05) is 44.2 Å². The van der Waals surface area contributed by atoms with Crippen LogP contribution >= 0.6 is 0 Å². The Kier molecular flexibility index (Phi) is 3.43. The summed E-state index contributed by atoms with van der Waals surface area (Å²) in [5, 5.41) is 10.4. The quantitative estimate of drug-likeness (QED) is 0.916. The average molecular weight is 280 g/mol. The zero-order chi connectivity index (χ0) is 15.0. The van der Waals surface area contributed by atoms with Crippen molar-refractivity contribution in [2.45, 2.75) is 6.23 Å². The van der Waals surface area contributed by atoms with Crippen molar-refractivity contribution in [3.05, 3.63) is 59.7 Å². The summed E-state index contributed by atoms with van der Waals surface area (Å²) in [6.45, 7) is 0. The lowest BCUT2D eigenvalue weighted by Gasteiger charge is -2.17. The zero-order valence-corrected chi connectivity index (χ0v) is 12.6. The third kappa shape index (κ3) is 2.41. The number of likely N-dealkylation sites (N-methyl/N-ethyl adjacent to an activating group) is 1. The van der Waals surface area contributed by atoms with Gasteiger partial charge < -0.3 is 14.9 Å². The first-order chi connectivity index (χ1) is 10.1. The molecular formula is C18H20N2O. The number of hydrogen-bond donors (Lipinski definition) is 1. The van der Waals surface area contributed by atoms with Crippen molar-refractivity contribution in [3.63, 3.8) is 0 Å². The fraction of sp³-hybridized carbons (Fsp3) is 0.222. The molecule has 0 saturated heterocycles. The minimum Gasteiger partial charge on any atom is -0.378 e. The molecule has 0 bridgehead atoms. The van der Waals surface area contributed by atoms with Crippen molar-refractivity contribution in [2.24, 2.45) is 0 Å². The molecule has 21 heavy (non-hydrogen) atoms.